The van der Waals surface area contributed by atoms with Gasteiger partial charge >= 0.3 is 0 Å². The lowest BCUT2D eigenvalue weighted by molar-refractivity contribution is -0.122. The van der Waals surface area contributed by atoms with Crippen molar-refractivity contribution in [1.82, 2.24) is 10.2 Å². The molecule has 28 heavy (non-hydrogen) atoms. The summed E-state index contributed by atoms with van der Waals surface area (Å²) in [6, 6.07) is 11.6. The van der Waals surface area contributed by atoms with E-state index in [0.29, 0.717) is 5.56 Å². The van der Waals surface area contributed by atoms with Crippen molar-refractivity contribution in [2.45, 2.75) is 13.8 Å². The third-order valence-corrected chi connectivity index (χ3v) is 5.23. The molecule has 144 valence electrons. The Bertz CT molecular complexity index is 987. The summed E-state index contributed by atoms with van der Waals surface area (Å²) >= 11 is 0.764. The van der Waals surface area contributed by atoms with Crippen LogP contribution >= 0.6 is 11.8 Å². The molecular weight excluding hydrogens is 379 g/mol. The Kier molecular flexibility index (Phi) is 5.94. The molecule has 0 aliphatic carbocycles. The van der Waals surface area contributed by atoms with Gasteiger partial charge in [-0.1, -0.05) is 35.9 Å². The van der Waals surface area contributed by atoms with Crippen LogP contribution in [0.15, 0.2) is 47.4 Å². The Hall–Kier alpha value is -2.93. The van der Waals surface area contributed by atoms with Crippen molar-refractivity contribution in [3.05, 3.63) is 75.4 Å². The Morgan fingerprint density at radius 2 is 1.93 bits per heavy atom. The molecule has 0 radical (unpaired) electrons. The fourth-order valence-electron chi connectivity index (χ4n) is 2.78. The van der Waals surface area contributed by atoms with E-state index in [0.717, 1.165) is 27.8 Å². The molecule has 2 aromatic carbocycles. The number of imide groups is 1. The first-order valence-electron chi connectivity index (χ1n) is 8.72. The van der Waals surface area contributed by atoms with E-state index in [1.807, 2.05) is 26.0 Å². The fraction of sp³-hybridized carbons (Fsp3) is 0.190. The molecular formula is C21H19FN2O3S. The molecule has 1 saturated heterocycles. The molecule has 1 heterocycles. The molecule has 7 heteroatoms. The molecule has 0 spiro atoms. The number of hydrogen-bond donors (Lipinski definition) is 1. The number of aryl methyl sites for hydroxylation is 2. The molecule has 2 aromatic rings. The minimum Gasteiger partial charge on any atom is -0.350 e. The smallest absolute Gasteiger partial charge is 0.293 e. The topological polar surface area (TPSA) is 66.5 Å². The van der Waals surface area contributed by atoms with E-state index in [1.54, 1.807) is 18.2 Å². The van der Waals surface area contributed by atoms with Crippen LogP contribution in [0.1, 0.15) is 27.0 Å². The van der Waals surface area contributed by atoms with Gasteiger partial charge in [-0.2, -0.15) is 0 Å². The van der Waals surface area contributed by atoms with Crippen LogP contribution in [0.5, 0.6) is 0 Å². The average molecular weight is 398 g/mol. The van der Waals surface area contributed by atoms with Gasteiger partial charge in [-0.15, -0.1) is 0 Å². The van der Waals surface area contributed by atoms with Crippen molar-refractivity contribution in [2.24, 2.45) is 0 Å². The van der Waals surface area contributed by atoms with Crippen LogP contribution < -0.4 is 5.32 Å². The summed E-state index contributed by atoms with van der Waals surface area (Å²) < 4.78 is 13.8. The maximum atomic E-state index is 13.8. The SMILES string of the molecule is Cc1ccc(C)c(C(=O)NCCN2C(=O)S/C(=C\c3ccccc3F)C2=O)c1. The molecule has 1 N–H and O–H groups in total. The highest BCUT2D eigenvalue weighted by Gasteiger charge is 2.34. The fourth-order valence-corrected chi connectivity index (χ4v) is 3.64. The van der Waals surface area contributed by atoms with Crippen LogP contribution in [0.3, 0.4) is 0 Å². The van der Waals surface area contributed by atoms with Crippen molar-refractivity contribution in [2.75, 3.05) is 13.1 Å². The summed E-state index contributed by atoms with van der Waals surface area (Å²) in [5, 5.41) is 2.30. The number of carbonyl (C=O) groups is 3. The number of hydrogen-bond acceptors (Lipinski definition) is 4. The van der Waals surface area contributed by atoms with Gasteiger partial charge in [0.05, 0.1) is 4.91 Å². The second-order valence-electron chi connectivity index (χ2n) is 6.43. The summed E-state index contributed by atoms with van der Waals surface area (Å²) in [6.07, 6.45) is 1.37. The monoisotopic (exact) mass is 398 g/mol. The average Bonchev–Trinajstić information content (AvgIpc) is 2.92. The Morgan fingerprint density at radius 1 is 1.18 bits per heavy atom. The van der Waals surface area contributed by atoms with Crippen LogP contribution in [0, 0.1) is 19.7 Å². The summed E-state index contributed by atoms with van der Waals surface area (Å²) in [5.41, 5.74) is 2.63. The Morgan fingerprint density at radius 3 is 2.68 bits per heavy atom. The van der Waals surface area contributed by atoms with Gasteiger partial charge in [0.15, 0.2) is 0 Å². The predicted octanol–water partition coefficient (Wildman–Crippen LogP) is 3.91. The van der Waals surface area contributed by atoms with E-state index in [-0.39, 0.29) is 29.5 Å². The molecule has 0 atom stereocenters. The summed E-state index contributed by atoms with van der Waals surface area (Å²) in [5.74, 6) is -1.20. The second kappa shape index (κ2) is 8.39. The maximum Gasteiger partial charge on any atom is 0.293 e. The summed E-state index contributed by atoms with van der Waals surface area (Å²) in [6.45, 7) is 3.93. The zero-order valence-corrected chi connectivity index (χ0v) is 16.3. The van der Waals surface area contributed by atoms with Crippen molar-refractivity contribution in [3.8, 4) is 0 Å². The minimum atomic E-state index is -0.487. The normalized spacial score (nSPS) is 15.4. The van der Waals surface area contributed by atoms with Crippen LogP contribution in [-0.4, -0.2) is 35.0 Å². The largest absolute Gasteiger partial charge is 0.350 e. The van der Waals surface area contributed by atoms with Crippen molar-refractivity contribution in [1.29, 1.82) is 0 Å². The third kappa shape index (κ3) is 4.31. The van der Waals surface area contributed by atoms with Gasteiger partial charge in [-0.3, -0.25) is 19.3 Å². The highest BCUT2D eigenvalue weighted by molar-refractivity contribution is 8.18. The van der Waals surface area contributed by atoms with Crippen molar-refractivity contribution < 1.29 is 18.8 Å². The molecule has 0 saturated carbocycles. The van der Waals surface area contributed by atoms with Crippen LogP contribution in [0.2, 0.25) is 0 Å². The van der Waals surface area contributed by atoms with Crippen molar-refractivity contribution in [3.63, 3.8) is 0 Å². The van der Waals surface area contributed by atoms with Gasteiger partial charge < -0.3 is 5.32 Å². The molecule has 0 bridgehead atoms. The van der Waals surface area contributed by atoms with Gasteiger partial charge in [0.25, 0.3) is 17.1 Å². The number of thioether (sulfide) groups is 1. The highest BCUT2D eigenvalue weighted by atomic mass is 32.2. The van der Waals surface area contributed by atoms with E-state index in [1.165, 1.54) is 18.2 Å². The third-order valence-electron chi connectivity index (χ3n) is 4.32. The van der Waals surface area contributed by atoms with Gasteiger partial charge in [-0.05, 0) is 49.4 Å². The number of carbonyl (C=O) groups excluding carboxylic acids is 3. The van der Waals surface area contributed by atoms with E-state index in [2.05, 4.69) is 5.32 Å². The van der Waals surface area contributed by atoms with Crippen LogP contribution in [0.4, 0.5) is 9.18 Å². The number of rotatable bonds is 5. The highest BCUT2D eigenvalue weighted by Crippen LogP contribution is 2.32. The Labute approximate surface area is 166 Å². The number of nitrogens with one attached hydrogen (secondary N) is 1. The minimum absolute atomic E-state index is 0.0515. The number of nitrogens with zero attached hydrogens (tertiary/aromatic N) is 1. The summed E-state index contributed by atoms with van der Waals surface area (Å²) in [4.78, 5) is 38.2. The van der Waals surface area contributed by atoms with Gasteiger partial charge in [0, 0.05) is 24.2 Å². The molecule has 3 rings (SSSR count). The first-order chi connectivity index (χ1) is 13.4. The van der Waals surface area contributed by atoms with Gasteiger partial charge in [-0.25, -0.2) is 4.39 Å². The standard InChI is InChI=1S/C21H19FN2O3S/c1-13-7-8-14(2)16(11-13)19(25)23-9-10-24-20(26)18(28-21(24)27)12-15-5-3-4-6-17(15)22/h3-8,11-12H,9-10H2,1-2H3,(H,23,25)/b18-12-. The van der Waals surface area contributed by atoms with E-state index < -0.39 is 17.0 Å². The summed E-state index contributed by atoms with van der Waals surface area (Å²) in [7, 11) is 0. The van der Waals surface area contributed by atoms with Crippen molar-refractivity contribution >= 4 is 34.9 Å². The van der Waals surface area contributed by atoms with E-state index in [9.17, 15) is 18.8 Å². The molecule has 0 aromatic heterocycles. The van der Waals surface area contributed by atoms with Gasteiger partial charge in [0.2, 0.25) is 0 Å². The first-order valence-corrected chi connectivity index (χ1v) is 9.54. The molecule has 1 aliphatic heterocycles. The van der Waals surface area contributed by atoms with Crippen LogP contribution in [0.25, 0.3) is 6.08 Å². The number of amides is 3. The number of halogens is 1. The second-order valence-corrected chi connectivity index (χ2v) is 7.42. The zero-order valence-electron chi connectivity index (χ0n) is 15.5. The predicted molar refractivity (Wildman–Crippen MR) is 107 cm³/mol. The molecule has 3 amide bonds. The first kappa shape index (κ1) is 19.8. The quantitative estimate of drug-likeness (QED) is 0.776. The Balaban J connectivity index is 1.63. The molecule has 1 aliphatic rings. The van der Waals surface area contributed by atoms with Gasteiger partial charge in [0.1, 0.15) is 5.82 Å². The lowest BCUT2D eigenvalue weighted by Gasteiger charge is -2.13. The van der Waals surface area contributed by atoms with E-state index in [4.69, 9.17) is 0 Å². The maximum absolute atomic E-state index is 13.8. The molecule has 1 fully saturated rings. The zero-order chi connectivity index (χ0) is 20.3. The molecule has 5 nitrogen and oxygen atoms in total. The lowest BCUT2D eigenvalue weighted by Crippen LogP contribution is -2.37. The lowest BCUT2D eigenvalue weighted by atomic mass is 10.1. The molecule has 0 unspecified atom stereocenters. The van der Waals surface area contributed by atoms with E-state index >= 15 is 0 Å². The van der Waals surface area contributed by atoms with Crippen LogP contribution in [-0.2, 0) is 4.79 Å². The number of benzene rings is 2.